The van der Waals surface area contributed by atoms with Crippen molar-refractivity contribution in [1.82, 2.24) is 35.3 Å². The van der Waals surface area contributed by atoms with Gasteiger partial charge in [0, 0.05) is 6.20 Å². The van der Waals surface area contributed by atoms with E-state index in [2.05, 4.69) is 30.9 Å². The highest BCUT2D eigenvalue weighted by Gasteiger charge is 2.17. The van der Waals surface area contributed by atoms with Crippen LogP contribution in [0.2, 0.25) is 0 Å². The van der Waals surface area contributed by atoms with Crippen LogP contribution in [-0.2, 0) is 0 Å². The fraction of sp³-hybridized carbons (Fsp3) is 0.182. The molecule has 0 saturated heterocycles. The molecular formula is C11H11N7O. The Balaban J connectivity index is 1.84. The summed E-state index contributed by atoms with van der Waals surface area (Å²) in [6.07, 6.45) is 3.22. The monoisotopic (exact) mass is 257 g/mol. The van der Waals surface area contributed by atoms with Gasteiger partial charge in [0.1, 0.15) is 0 Å². The van der Waals surface area contributed by atoms with Crippen LogP contribution < -0.4 is 5.32 Å². The average molecular weight is 257 g/mol. The number of nitrogens with one attached hydrogen (secondary N) is 2. The lowest BCUT2D eigenvalue weighted by Crippen LogP contribution is -2.28. The predicted octanol–water partition coefficient (Wildman–Crippen LogP) is 0.338. The van der Waals surface area contributed by atoms with Gasteiger partial charge in [0.25, 0.3) is 5.91 Å². The number of nitrogens with zero attached hydrogens (tertiary/aromatic N) is 5. The maximum atomic E-state index is 11.9. The summed E-state index contributed by atoms with van der Waals surface area (Å²) in [5.74, 6) is 0.348. The van der Waals surface area contributed by atoms with Gasteiger partial charge in [-0.05, 0) is 19.1 Å². The van der Waals surface area contributed by atoms with Gasteiger partial charge >= 0.3 is 0 Å². The fourth-order valence-electron chi connectivity index (χ4n) is 1.80. The van der Waals surface area contributed by atoms with Crippen LogP contribution in [0, 0.1) is 0 Å². The Labute approximate surface area is 107 Å². The van der Waals surface area contributed by atoms with E-state index in [1.54, 1.807) is 0 Å². The third-order valence-electron chi connectivity index (χ3n) is 2.72. The van der Waals surface area contributed by atoms with Gasteiger partial charge < -0.3 is 5.32 Å². The molecule has 2 N–H and O–H groups in total. The summed E-state index contributed by atoms with van der Waals surface area (Å²) in [6, 6.07) is 5.32. The molecule has 1 atom stereocenters. The van der Waals surface area contributed by atoms with Crippen molar-refractivity contribution in [2.45, 2.75) is 13.0 Å². The minimum absolute atomic E-state index is 0.237. The first-order valence-corrected chi connectivity index (χ1v) is 5.72. The average Bonchev–Trinajstić information content (AvgIpc) is 3.08. The Kier molecular flexibility index (Phi) is 2.67. The van der Waals surface area contributed by atoms with E-state index in [1.165, 1.54) is 6.20 Å². The molecular weight excluding hydrogens is 246 g/mol. The largest absolute Gasteiger partial charge is 0.341 e. The van der Waals surface area contributed by atoms with Gasteiger partial charge in [-0.3, -0.25) is 9.20 Å². The highest BCUT2D eigenvalue weighted by Crippen LogP contribution is 2.12. The second-order valence-electron chi connectivity index (χ2n) is 4.04. The maximum absolute atomic E-state index is 11.9. The molecule has 0 spiro atoms. The van der Waals surface area contributed by atoms with Crippen LogP contribution in [0.1, 0.15) is 29.3 Å². The summed E-state index contributed by atoms with van der Waals surface area (Å²) >= 11 is 0. The summed E-state index contributed by atoms with van der Waals surface area (Å²) < 4.78 is 1.83. The second kappa shape index (κ2) is 4.48. The van der Waals surface area contributed by atoms with Crippen molar-refractivity contribution in [3.63, 3.8) is 0 Å². The van der Waals surface area contributed by atoms with Gasteiger partial charge in [-0.1, -0.05) is 6.07 Å². The third kappa shape index (κ3) is 2.03. The van der Waals surface area contributed by atoms with Crippen LogP contribution in [0.15, 0.2) is 30.6 Å². The van der Waals surface area contributed by atoms with Gasteiger partial charge in [-0.2, -0.15) is 15.4 Å². The first kappa shape index (κ1) is 11.3. The number of fused-ring (bicyclic) bond motifs is 1. The lowest BCUT2D eigenvalue weighted by Gasteiger charge is -2.10. The van der Waals surface area contributed by atoms with Crippen molar-refractivity contribution >= 4 is 11.6 Å². The van der Waals surface area contributed by atoms with Crippen molar-refractivity contribution in [2.24, 2.45) is 0 Å². The van der Waals surface area contributed by atoms with Crippen molar-refractivity contribution in [1.29, 1.82) is 0 Å². The smallest absolute Gasteiger partial charge is 0.274 e. The van der Waals surface area contributed by atoms with Crippen LogP contribution in [0.5, 0.6) is 0 Å². The molecule has 96 valence electrons. The van der Waals surface area contributed by atoms with Crippen LogP contribution in [-0.4, -0.2) is 35.9 Å². The molecule has 0 bridgehead atoms. The molecule has 0 saturated carbocycles. The number of pyridine rings is 1. The number of hydrogen-bond acceptors (Lipinski definition) is 5. The summed E-state index contributed by atoms with van der Waals surface area (Å²) in [5.41, 5.74) is 0.973. The lowest BCUT2D eigenvalue weighted by atomic mass is 10.3. The Morgan fingerprint density at radius 1 is 1.42 bits per heavy atom. The number of H-pyrrole nitrogens is 1. The molecule has 1 unspecified atom stereocenters. The first-order chi connectivity index (χ1) is 9.25. The molecule has 8 heteroatoms. The van der Waals surface area contributed by atoms with Gasteiger partial charge in [0.2, 0.25) is 0 Å². The van der Waals surface area contributed by atoms with Crippen LogP contribution in [0.25, 0.3) is 5.65 Å². The molecule has 8 nitrogen and oxygen atoms in total. The Morgan fingerprint density at radius 3 is 3.11 bits per heavy atom. The molecule has 0 radical (unpaired) electrons. The number of aromatic amines is 1. The Bertz CT molecular complexity index is 703. The number of hydrogen-bond donors (Lipinski definition) is 2. The highest BCUT2D eigenvalue weighted by atomic mass is 16.2. The van der Waals surface area contributed by atoms with Crippen molar-refractivity contribution < 1.29 is 4.79 Å². The topological polar surface area (TPSA) is 101 Å². The molecule has 3 aromatic rings. The lowest BCUT2D eigenvalue weighted by molar-refractivity contribution is 0.0933. The Morgan fingerprint density at radius 2 is 2.32 bits per heavy atom. The second-order valence-corrected chi connectivity index (χ2v) is 4.04. The number of carbonyl (C=O) groups excluding carboxylic acids is 1. The minimum Gasteiger partial charge on any atom is -0.341 e. The summed E-state index contributed by atoms with van der Waals surface area (Å²) in [5, 5.41) is 20.6. The van der Waals surface area contributed by atoms with Crippen molar-refractivity contribution in [3.8, 4) is 0 Å². The van der Waals surface area contributed by atoms with Crippen molar-refractivity contribution in [2.75, 3.05) is 0 Å². The fourth-order valence-corrected chi connectivity index (χ4v) is 1.80. The van der Waals surface area contributed by atoms with E-state index in [0.717, 1.165) is 5.65 Å². The normalized spacial score (nSPS) is 12.5. The van der Waals surface area contributed by atoms with E-state index in [4.69, 9.17) is 0 Å². The number of rotatable bonds is 3. The molecule has 0 aliphatic rings. The van der Waals surface area contributed by atoms with Crippen LogP contribution in [0.4, 0.5) is 0 Å². The maximum Gasteiger partial charge on any atom is 0.274 e. The van der Waals surface area contributed by atoms with Crippen LogP contribution in [0.3, 0.4) is 0 Å². The molecule has 3 aromatic heterocycles. The summed E-state index contributed by atoms with van der Waals surface area (Å²) in [7, 11) is 0. The van der Waals surface area contributed by atoms with E-state index in [9.17, 15) is 4.79 Å². The van der Waals surface area contributed by atoms with E-state index < -0.39 is 0 Å². The summed E-state index contributed by atoms with van der Waals surface area (Å²) in [4.78, 5) is 11.9. The zero-order valence-electron chi connectivity index (χ0n) is 10.1. The molecule has 19 heavy (non-hydrogen) atoms. The van der Waals surface area contributed by atoms with Gasteiger partial charge in [0.15, 0.2) is 17.2 Å². The minimum atomic E-state index is -0.311. The molecule has 3 heterocycles. The van der Waals surface area contributed by atoms with Gasteiger partial charge in [-0.15, -0.1) is 10.2 Å². The Hall–Kier alpha value is -2.77. The first-order valence-electron chi connectivity index (χ1n) is 5.72. The molecule has 3 rings (SSSR count). The third-order valence-corrected chi connectivity index (χ3v) is 2.72. The number of amides is 1. The van der Waals surface area contributed by atoms with Crippen LogP contribution >= 0.6 is 0 Å². The number of aromatic nitrogens is 6. The van der Waals surface area contributed by atoms with Crippen molar-refractivity contribution in [3.05, 3.63) is 42.1 Å². The molecule has 1 amide bonds. The zero-order chi connectivity index (χ0) is 13.2. The molecule has 0 aliphatic heterocycles. The van der Waals surface area contributed by atoms with E-state index in [0.29, 0.717) is 5.82 Å². The number of carbonyl (C=O) groups is 1. The predicted molar refractivity (Wildman–Crippen MR) is 65.3 cm³/mol. The van der Waals surface area contributed by atoms with E-state index in [-0.39, 0.29) is 17.6 Å². The molecule has 0 fully saturated rings. The van der Waals surface area contributed by atoms with E-state index >= 15 is 0 Å². The standard InChI is InChI=1S/C11H11N7O/c1-7(13-11(19)8-6-12-17-14-8)10-16-15-9-4-2-3-5-18(9)10/h2-7H,1H3,(H,13,19)(H,12,14,17). The summed E-state index contributed by atoms with van der Waals surface area (Å²) in [6.45, 7) is 1.83. The highest BCUT2D eigenvalue weighted by molar-refractivity contribution is 5.92. The molecule has 0 aliphatic carbocycles. The zero-order valence-corrected chi connectivity index (χ0v) is 10.1. The quantitative estimate of drug-likeness (QED) is 0.704. The SMILES string of the molecule is CC(NC(=O)c1cn[nH]n1)c1nnc2ccccn12. The van der Waals surface area contributed by atoms with Gasteiger partial charge in [-0.25, -0.2) is 0 Å². The van der Waals surface area contributed by atoms with E-state index in [1.807, 2.05) is 35.7 Å². The molecule has 0 aromatic carbocycles. The van der Waals surface area contributed by atoms with Gasteiger partial charge in [0.05, 0.1) is 12.2 Å².